The minimum Gasteiger partial charge on any atom is -0.370 e. The first-order chi connectivity index (χ1) is 46.8. The van der Waals surface area contributed by atoms with Crippen LogP contribution >= 0.6 is 0 Å². The number of rotatable bonds is 47. The molecule has 2 heterocycles. The maximum Gasteiger partial charge on any atom is 0.315 e. The number of nitrogens with one attached hydrogen (secondary N) is 13. The van der Waals surface area contributed by atoms with Gasteiger partial charge < -0.3 is 91.4 Å². The Morgan fingerprint density at radius 1 is 0.408 bits per heavy atom. The zero-order valence-electron chi connectivity index (χ0n) is 60.2. The summed E-state index contributed by atoms with van der Waals surface area (Å²) in [7, 11) is 0. The van der Waals surface area contributed by atoms with E-state index in [1.54, 1.807) is 0 Å². The monoisotopic (exact) mass is 1370 g/mol. The lowest BCUT2D eigenvalue weighted by molar-refractivity contribution is -0.125. The van der Waals surface area contributed by atoms with Crippen molar-refractivity contribution in [2.45, 2.75) is 245 Å². The van der Waals surface area contributed by atoms with E-state index in [-0.39, 0.29) is 141 Å². The van der Waals surface area contributed by atoms with E-state index in [1.165, 1.54) is 6.92 Å². The van der Waals surface area contributed by atoms with E-state index in [0.717, 1.165) is 90.7 Å². The third kappa shape index (κ3) is 35.5. The Balaban J connectivity index is 0.000000531. The standard InChI is InChI=1S/C40H71N11O5.C32H52N6O4/c1-26(2)34(17-18-37(53)47-28(5)13-9-11-19-41)51-40(56)45-24-32(21-30-22-43-35-16-8-7-15-33(30)35)50-38(54)44-23-31(14-10-12-20-42)49-39(55)46-25-36(27(3)4)48-29(6)52;1-4-9-30(40)37-25(20-23-21-35-28-12-6-5-11-26(23)28)14-18-31(41)36-24(10-7-8-19-33)13-17-32(42)38-27(22(2)3)15-16-29(34)39/h7-8,15-16,22,26-28,31-32,34,36,43H,9-14,17-21,23-25,41-42H2,1-6H3,(H,47,53)(H,48,52)(H2,44,50,54)(H2,45,51,56)(H2,46,49,55);5-6,11-12,21-22,24-25,27,35H,4,7-10,13-20,33H2,1-3H3,(H2,34,39)(H,36,41)(H,37,40)(H,38,42)/t28-,31+,32+,34-,36-;24-,25+,27+/m10/s1. The van der Waals surface area contributed by atoms with Crippen LogP contribution in [-0.2, 0) is 41.6 Å². The minimum atomic E-state index is -0.488. The van der Waals surface area contributed by atoms with E-state index in [9.17, 15) is 43.2 Å². The number of fused-ring (bicyclic) bond motifs is 2. The summed E-state index contributed by atoms with van der Waals surface area (Å²) in [6, 6.07) is 13.0. The van der Waals surface area contributed by atoms with Crippen molar-refractivity contribution in [2.75, 3.05) is 39.3 Å². The maximum atomic E-state index is 13.4. The van der Waals surface area contributed by atoms with Crippen LogP contribution in [0.5, 0.6) is 0 Å². The highest BCUT2D eigenvalue weighted by Gasteiger charge is 2.25. The zero-order chi connectivity index (χ0) is 72.4. The number of carbonyl (C=O) groups is 9. The summed E-state index contributed by atoms with van der Waals surface area (Å²) in [5.41, 5.74) is 26.4. The number of nitrogens with two attached hydrogens (primary N) is 4. The predicted molar refractivity (Wildman–Crippen MR) is 390 cm³/mol. The van der Waals surface area contributed by atoms with Crippen molar-refractivity contribution < 1.29 is 43.2 Å². The molecular weight excluding hydrogens is 1250 g/mol. The van der Waals surface area contributed by atoms with Gasteiger partial charge in [0.2, 0.25) is 35.4 Å². The van der Waals surface area contributed by atoms with Gasteiger partial charge in [0.05, 0.1) is 6.04 Å². The van der Waals surface area contributed by atoms with Gasteiger partial charge in [-0.2, -0.15) is 0 Å². The highest BCUT2D eigenvalue weighted by Crippen LogP contribution is 2.22. The van der Waals surface area contributed by atoms with Gasteiger partial charge in [0, 0.05) is 135 Å². The molecule has 0 bridgehead atoms. The highest BCUT2D eigenvalue weighted by molar-refractivity contribution is 5.85. The van der Waals surface area contributed by atoms with Crippen LogP contribution in [-0.4, -0.2) is 151 Å². The topological polar surface area (TPSA) is 422 Å². The van der Waals surface area contributed by atoms with Crippen LogP contribution in [0.3, 0.4) is 0 Å². The van der Waals surface area contributed by atoms with Gasteiger partial charge >= 0.3 is 18.1 Å². The van der Waals surface area contributed by atoms with Crippen LogP contribution in [0.2, 0.25) is 0 Å². The van der Waals surface area contributed by atoms with Crippen LogP contribution in [0, 0.1) is 17.8 Å². The summed E-state index contributed by atoms with van der Waals surface area (Å²) in [6.45, 7) is 19.6. The molecule has 0 aliphatic rings. The summed E-state index contributed by atoms with van der Waals surface area (Å²) >= 11 is 0. The maximum absolute atomic E-state index is 13.4. The molecule has 0 radical (unpaired) electrons. The van der Waals surface area contributed by atoms with Crippen molar-refractivity contribution in [3.05, 3.63) is 72.1 Å². The molecule has 0 aliphatic carbocycles. The lowest BCUT2D eigenvalue weighted by Gasteiger charge is -2.25. The molecule has 0 aliphatic heterocycles. The first-order valence-electron chi connectivity index (χ1n) is 35.9. The third-order valence-electron chi connectivity index (χ3n) is 17.5. The van der Waals surface area contributed by atoms with E-state index in [2.05, 4.69) is 74.5 Å². The lowest BCUT2D eigenvalue weighted by Crippen LogP contribution is -2.54. The van der Waals surface area contributed by atoms with Gasteiger partial charge in [-0.3, -0.25) is 28.8 Å². The fraction of sp³-hybridized carbons (Fsp3) is 0.653. The van der Waals surface area contributed by atoms with Crippen molar-refractivity contribution in [3.8, 4) is 0 Å². The first kappa shape index (κ1) is 84.3. The summed E-state index contributed by atoms with van der Waals surface area (Å²) in [4.78, 5) is 120. The SMILES string of the molecule is CC(=O)N[C@H](CNC(=O)N[C@@H](CCCCN)CNC(=O)N[C@H](CNC(=O)N[C@H](CCC(=O)N[C@H](C)CCCCN)C(C)C)Cc1c[nH]c2ccccc12)C(C)C.CCCC(=O)N[C@H](CCC(=O)N[C@@H](CCCCN)CCC(=O)N[C@H](CCC(N)=O)C(C)C)Cc1c[nH]c2ccccc12. The molecule has 21 N–H and O–H groups in total. The zero-order valence-corrected chi connectivity index (χ0v) is 60.2. The second-order valence-electron chi connectivity index (χ2n) is 27.1. The average molecular weight is 1370 g/mol. The van der Waals surface area contributed by atoms with Gasteiger partial charge in [0.25, 0.3) is 0 Å². The number of hydrogen-bond acceptors (Lipinski definition) is 12. The fourth-order valence-corrected chi connectivity index (χ4v) is 11.6. The summed E-state index contributed by atoms with van der Waals surface area (Å²) in [5.74, 6) is -0.440. The summed E-state index contributed by atoms with van der Waals surface area (Å²) in [6.07, 6.45) is 16.5. The number of aromatic nitrogens is 2. The number of carbonyl (C=O) groups excluding carboxylic acids is 9. The van der Waals surface area contributed by atoms with Gasteiger partial charge in [-0.15, -0.1) is 0 Å². The lowest BCUT2D eigenvalue weighted by atomic mass is 9.98. The molecule has 26 nitrogen and oxygen atoms in total. The molecule has 0 spiro atoms. The van der Waals surface area contributed by atoms with Gasteiger partial charge in [-0.25, -0.2) is 14.4 Å². The van der Waals surface area contributed by atoms with Gasteiger partial charge in [-0.1, -0.05) is 104 Å². The van der Waals surface area contributed by atoms with Crippen LogP contribution in [0.1, 0.15) is 195 Å². The second kappa shape index (κ2) is 47.9. The molecule has 4 rings (SSSR count). The number of unbranched alkanes of at least 4 members (excludes halogenated alkanes) is 3. The van der Waals surface area contributed by atoms with Crippen LogP contribution in [0.4, 0.5) is 14.4 Å². The Bertz CT molecular complexity index is 3010. The number of para-hydroxylation sites is 2. The smallest absolute Gasteiger partial charge is 0.315 e. The Hall–Kier alpha value is -7.97. The Morgan fingerprint density at radius 2 is 0.827 bits per heavy atom. The largest absolute Gasteiger partial charge is 0.370 e. The molecule has 2 aromatic heterocycles. The van der Waals surface area contributed by atoms with Crippen molar-refractivity contribution in [3.63, 3.8) is 0 Å². The van der Waals surface area contributed by atoms with Crippen LogP contribution in [0.15, 0.2) is 60.9 Å². The van der Waals surface area contributed by atoms with Crippen molar-refractivity contribution in [2.24, 2.45) is 40.7 Å². The van der Waals surface area contributed by atoms with E-state index in [0.29, 0.717) is 71.0 Å². The van der Waals surface area contributed by atoms with Crippen molar-refractivity contribution >= 4 is 75.3 Å². The van der Waals surface area contributed by atoms with Gasteiger partial charge in [-0.05, 0) is 151 Å². The van der Waals surface area contributed by atoms with Crippen LogP contribution < -0.4 is 81.4 Å². The van der Waals surface area contributed by atoms with Crippen LogP contribution in [0.25, 0.3) is 21.8 Å². The molecular formula is C72H123N17O9. The first-order valence-corrected chi connectivity index (χ1v) is 35.9. The summed E-state index contributed by atoms with van der Waals surface area (Å²) < 4.78 is 0. The molecule has 4 aromatic rings. The second-order valence-corrected chi connectivity index (χ2v) is 27.1. The Morgan fingerprint density at radius 3 is 1.36 bits per heavy atom. The molecule has 0 unspecified atom stereocenters. The van der Waals surface area contributed by atoms with Gasteiger partial charge in [0.1, 0.15) is 0 Å². The van der Waals surface area contributed by atoms with E-state index in [4.69, 9.17) is 22.9 Å². The Kier molecular flexibility index (Phi) is 41.2. The number of benzene rings is 2. The molecule has 12 amide bonds. The molecule has 26 heteroatoms. The molecule has 98 heavy (non-hydrogen) atoms. The quantitative estimate of drug-likeness (QED) is 0.0207. The van der Waals surface area contributed by atoms with Crippen molar-refractivity contribution in [1.29, 1.82) is 0 Å². The number of amides is 12. The molecule has 2 aromatic carbocycles. The third-order valence-corrected chi connectivity index (χ3v) is 17.5. The number of primary amides is 1. The predicted octanol–water partition coefficient (Wildman–Crippen LogP) is 6.65. The summed E-state index contributed by atoms with van der Waals surface area (Å²) in [5, 5.41) is 35.0. The van der Waals surface area contributed by atoms with E-state index < -0.39 is 24.1 Å². The highest BCUT2D eigenvalue weighted by atomic mass is 16.2. The minimum absolute atomic E-state index is 0.0102. The number of H-pyrrole nitrogens is 2. The molecule has 0 saturated carbocycles. The van der Waals surface area contributed by atoms with E-state index >= 15 is 0 Å². The Labute approximate surface area is 582 Å². The molecule has 550 valence electrons. The molecule has 0 fully saturated rings. The van der Waals surface area contributed by atoms with E-state index in [1.807, 2.05) is 110 Å². The number of hydrogen-bond donors (Lipinski definition) is 17. The average Bonchev–Trinajstić information content (AvgIpc) is 1.69. The molecule has 0 saturated heterocycles. The van der Waals surface area contributed by atoms with Crippen molar-refractivity contribution in [1.82, 2.24) is 68.5 Å². The normalized spacial score (nSPS) is 13.7. The fourth-order valence-electron chi connectivity index (χ4n) is 11.6. The molecule has 8 atom stereocenters. The van der Waals surface area contributed by atoms with Gasteiger partial charge in [0.15, 0.2) is 0 Å². The number of urea groups is 3. The number of aromatic amines is 2.